The molecule has 0 aliphatic carbocycles. The van der Waals surface area contributed by atoms with Crippen LogP contribution >= 0.6 is 0 Å². The Kier molecular flexibility index (Phi) is 4.73. The van der Waals surface area contributed by atoms with E-state index in [1.165, 1.54) is 44.1 Å². The van der Waals surface area contributed by atoms with E-state index in [2.05, 4.69) is 28.8 Å². The fourth-order valence-electron chi connectivity index (χ4n) is 2.27. The Labute approximate surface area is 109 Å². The molecule has 3 nitrogen and oxygen atoms in total. The highest BCUT2D eigenvalue weighted by molar-refractivity contribution is 5.74. The van der Waals surface area contributed by atoms with Gasteiger partial charge in [-0.15, -0.1) is 0 Å². The van der Waals surface area contributed by atoms with Crippen molar-refractivity contribution in [2.75, 3.05) is 0 Å². The standard InChI is InChI=1S/C15H23N3/c1-3-4-5-6-7-8-9-13-17-14-12(2)10-11-16-15(14)18-13/h10-11H,3-9H2,1-2H3,(H,16,17,18). The van der Waals surface area contributed by atoms with Crippen molar-refractivity contribution in [1.29, 1.82) is 0 Å². The normalized spacial score (nSPS) is 11.2. The summed E-state index contributed by atoms with van der Waals surface area (Å²) in [4.78, 5) is 12.2. The molecule has 0 spiro atoms. The Morgan fingerprint density at radius 3 is 2.67 bits per heavy atom. The molecule has 0 atom stereocenters. The Balaban J connectivity index is 1.83. The summed E-state index contributed by atoms with van der Waals surface area (Å²) in [6.45, 7) is 4.35. The van der Waals surface area contributed by atoms with Crippen LogP contribution in [0.3, 0.4) is 0 Å². The molecule has 0 saturated carbocycles. The minimum Gasteiger partial charge on any atom is -0.340 e. The largest absolute Gasteiger partial charge is 0.340 e. The molecule has 0 bridgehead atoms. The number of hydrogen-bond acceptors (Lipinski definition) is 2. The average Bonchev–Trinajstić information content (AvgIpc) is 2.78. The Morgan fingerprint density at radius 1 is 1.11 bits per heavy atom. The van der Waals surface area contributed by atoms with Gasteiger partial charge in [0.05, 0.1) is 5.52 Å². The molecule has 2 heterocycles. The van der Waals surface area contributed by atoms with Crippen molar-refractivity contribution in [2.45, 2.75) is 58.8 Å². The van der Waals surface area contributed by atoms with Crippen LogP contribution in [0.2, 0.25) is 0 Å². The number of fused-ring (bicyclic) bond motifs is 1. The summed E-state index contributed by atoms with van der Waals surface area (Å²) in [5.74, 6) is 1.09. The molecule has 0 fully saturated rings. The summed E-state index contributed by atoms with van der Waals surface area (Å²) in [7, 11) is 0. The average molecular weight is 245 g/mol. The number of imidazole rings is 1. The lowest BCUT2D eigenvalue weighted by Gasteiger charge is -1.98. The van der Waals surface area contributed by atoms with Gasteiger partial charge in [-0.3, -0.25) is 0 Å². The van der Waals surface area contributed by atoms with E-state index in [1.807, 2.05) is 12.3 Å². The van der Waals surface area contributed by atoms with Gasteiger partial charge in [-0.1, -0.05) is 39.0 Å². The molecule has 2 aromatic rings. The predicted molar refractivity (Wildman–Crippen MR) is 75.7 cm³/mol. The summed E-state index contributed by atoms with van der Waals surface area (Å²) in [6, 6.07) is 2.02. The number of aryl methyl sites for hydroxylation is 2. The second-order valence-electron chi connectivity index (χ2n) is 5.03. The van der Waals surface area contributed by atoms with Crippen molar-refractivity contribution in [3.63, 3.8) is 0 Å². The molecule has 2 aromatic heterocycles. The lowest BCUT2D eigenvalue weighted by Crippen LogP contribution is -1.88. The Morgan fingerprint density at radius 2 is 1.89 bits per heavy atom. The van der Waals surface area contributed by atoms with E-state index < -0.39 is 0 Å². The van der Waals surface area contributed by atoms with Gasteiger partial charge in [0, 0.05) is 12.6 Å². The molecule has 2 rings (SSSR count). The van der Waals surface area contributed by atoms with Crippen molar-refractivity contribution < 1.29 is 0 Å². The first-order chi connectivity index (χ1) is 8.81. The van der Waals surface area contributed by atoms with Gasteiger partial charge in [-0.2, -0.15) is 0 Å². The summed E-state index contributed by atoms with van der Waals surface area (Å²) in [6.07, 6.45) is 10.8. The number of aromatic nitrogens is 3. The molecule has 0 aromatic carbocycles. The van der Waals surface area contributed by atoms with Gasteiger partial charge >= 0.3 is 0 Å². The second kappa shape index (κ2) is 6.53. The van der Waals surface area contributed by atoms with E-state index in [9.17, 15) is 0 Å². The van der Waals surface area contributed by atoms with Crippen LogP contribution in [0.4, 0.5) is 0 Å². The first-order valence-electron chi connectivity index (χ1n) is 7.11. The number of hydrogen-bond donors (Lipinski definition) is 1. The van der Waals surface area contributed by atoms with Crippen LogP contribution < -0.4 is 0 Å². The lowest BCUT2D eigenvalue weighted by atomic mass is 10.1. The number of rotatable bonds is 7. The van der Waals surface area contributed by atoms with Gasteiger partial charge in [-0.25, -0.2) is 9.97 Å². The lowest BCUT2D eigenvalue weighted by molar-refractivity contribution is 0.602. The van der Waals surface area contributed by atoms with Crippen LogP contribution in [-0.2, 0) is 6.42 Å². The van der Waals surface area contributed by atoms with E-state index in [4.69, 9.17) is 0 Å². The molecule has 0 amide bonds. The number of nitrogens with one attached hydrogen (secondary N) is 1. The fourth-order valence-corrected chi connectivity index (χ4v) is 2.27. The maximum absolute atomic E-state index is 4.54. The summed E-state index contributed by atoms with van der Waals surface area (Å²) in [5, 5.41) is 0. The minimum absolute atomic E-state index is 0.857. The number of nitrogens with zero attached hydrogens (tertiary/aromatic N) is 2. The zero-order chi connectivity index (χ0) is 12.8. The number of pyridine rings is 1. The Bertz CT molecular complexity index is 487. The molecule has 0 aliphatic rings. The van der Waals surface area contributed by atoms with Crippen LogP contribution in [-0.4, -0.2) is 15.0 Å². The maximum Gasteiger partial charge on any atom is 0.177 e. The van der Waals surface area contributed by atoms with Crippen molar-refractivity contribution >= 4 is 11.2 Å². The van der Waals surface area contributed by atoms with Crippen molar-refractivity contribution in [2.24, 2.45) is 0 Å². The third-order valence-electron chi connectivity index (χ3n) is 3.42. The van der Waals surface area contributed by atoms with E-state index in [-0.39, 0.29) is 0 Å². The first-order valence-corrected chi connectivity index (χ1v) is 7.11. The molecular formula is C15H23N3. The Hall–Kier alpha value is -1.38. The summed E-state index contributed by atoms with van der Waals surface area (Å²) >= 11 is 0. The van der Waals surface area contributed by atoms with Crippen molar-refractivity contribution in [3.05, 3.63) is 23.7 Å². The third kappa shape index (κ3) is 3.31. The van der Waals surface area contributed by atoms with Crippen molar-refractivity contribution in [3.8, 4) is 0 Å². The zero-order valence-corrected chi connectivity index (χ0v) is 11.5. The van der Waals surface area contributed by atoms with Gasteiger partial charge in [0.2, 0.25) is 0 Å². The van der Waals surface area contributed by atoms with Gasteiger partial charge in [0.1, 0.15) is 5.82 Å². The molecule has 18 heavy (non-hydrogen) atoms. The van der Waals surface area contributed by atoms with Gasteiger partial charge in [0.25, 0.3) is 0 Å². The molecule has 0 saturated heterocycles. The highest BCUT2D eigenvalue weighted by Crippen LogP contribution is 2.14. The smallest absolute Gasteiger partial charge is 0.177 e. The predicted octanol–water partition coefficient (Wildman–Crippen LogP) is 4.17. The van der Waals surface area contributed by atoms with Gasteiger partial charge < -0.3 is 4.98 Å². The summed E-state index contributed by atoms with van der Waals surface area (Å²) in [5.41, 5.74) is 3.18. The molecular weight excluding hydrogens is 222 g/mol. The van der Waals surface area contributed by atoms with Crippen LogP contribution in [0.15, 0.2) is 12.3 Å². The minimum atomic E-state index is 0.857. The van der Waals surface area contributed by atoms with Gasteiger partial charge in [0.15, 0.2) is 5.65 Å². The van der Waals surface area contributed by atoms with E-state index in [0.717, 1.165) is 23.4 Å². The van der Waals surface area contributed by atoms with Crippen LogP contribution in [0, 0.1) is 6.92 Å². The van der Waals surface area contributed by atoms with E-state index >= 15 is 0 Å². The van der Waals surface area contributed by atoms with E-state index in [0.29, 0.717) is 0 Å². The number of aromatic amines is 1. The number of H-pyrrole nitrogens is 1. The summed E-state index contributed by atoms with van der Waals surface area (Å²) < 4.78 is 0. The molecule has 1 N–H and O–H groups in total. The number of unbranched alkanes of at least 4 members (excludes halogenated alkanes) is 5. The monoisotopic (exact) mass is 245 g/mol. The molecule has 0 radical (unpaired) electrons. The van der Waals surface area contributed by atoms with E-state index in [1.54, 1.807) is 0 Å². The molecule has 0 aliphatic heterocycles. The van der Waals surface area contributed by atoms with Crippen LogP contribution in [0.25, 0.3) is 11.2 Å². The highest BCUT2D eigenvalue weighted by atomic mass is 15.0. The molecule has 98 valence electrons. The quantitative estimate of drug-likeness (QED) is 0.744. The fraction of sp³-hybridized carbons (Fsp3) is 0.600. The topological polar surface area (TPSA) is 41.6 Å². The second-order valence-corrected chi connectivity index (χ2v) is 5.03. The highest BCUT2D eigenvalue weighted by Gasteiger charge is 2.05. The maximum atomic E-state index is 4.54. The molecule has 3 heteroatoms. The van der Waals surface area contributed by atoms with Crippen molar-refractivity contribution in [1.82, 2.24) is 15.0 Å². The first kappa shape index (κ1) is 13.1. The zero-order valence-electron chi connectivity index (χ0n) is 11.5. The SMILES string of the molecule is CCCCCCCCc1nc2nccc(C)c2[nH]1. The van der Waals surface area contributed by atoms with Crippen LogP contribution in [0.5, 0.6) is 0 Å². The van der Waals surface area contributed by atoms with Crippen LogP contribution in [0.1, 0.15) is 56.8 Å². The van der Waals surface area contributed by atoms with Gasteiger partial charge in [-0.05, 0) is 25.0 Å². The molecule has 0 unspecified atom stereocenters. The third-order valence-corrected chi connectivity index (χ3v) is 3.42.